The number of carbonyl (C=O) groups excluding carboxylic acids is 2. The molecule has 17 heavy (non-hydrogen) atoms. The van der Waals surface area contributed by atoms with Gasteiger partial charge < -0.3 is 20.5 Å². The molecule has 0 heterocycles. The minimum Gasteiger partial charge on any atom is -0.540 e. The summed E-state index contributed by atoms with van der Waals surface area (Å²) in [5, 5.41) is 23.9. The molecule has 1 rings (SSSR count). The molecule has 1 amide bonds. The third-order valence-corrected chi connectivity index (χ3v) is 1.88. The Kier molecular flexibility index (Phi) is 6.28. The zero-order valence-electron chi connectivity index (χ0n) is 9.40. The minimum absolute atomic E-state index is 0. The second-order valence-corrected chi connectivity index (χ2v) is 2.83. The van der Waals surface area contributed by atoms with Gasteiger partial charge in [-0.3, -0.25) is 4.79 Å². The molecule has 0 saturated carbocycles. The second-order valence-electron chi connectivity index (χ2n) is 2.83. The molecular formula is C10H8N3NaO3. The summed E-state index contributed by atoms with van der Waals surface area (Å²) in [6, 6.07) is 6.51. The standard InChI is InChI=1S/C10H9N3O3.Na/c1-12-7-3-2-4-8(6(7)5-11)13-9(14)10(15)16;/h2-4,12H,1H3,(H,13,14)(H,15,16);/q;+1/p-1. The van der Waals surface area contributed by atoms with Gasteiger partial charge in [0.05, 0.1) is 16.9 Å². The molecule has 0 radical (unpaired) electrons. The van der Waals surface area contributed by atoms with Crippen molar-refractivity contribution in [2.24, 2.45) is 0 Å². The molecule has 1 aromatic rings. The quantitative estimate of drug-likeness (QED) is 0.409. The van der Waals surface area contributed by atoms with E-state index in [0.717, 1.165) is 0 Å². The van der Waals surface area contributed by atoms with Crippen LogP contribution in [0.4, 0.5) is 11.4 Å². The summed E-state index contributed by atoms with van der Waals surface area (Å²) in [4.78, 5) is 21.1. The number of carboxylic acid groups (broad SMARTS) is 1. The number of carboxylic acids is 1. The Bertz CT molecular complexity index is 482. The first-order valence-electron chi connectivity index (χ1n) is 4.33. The number of rotatable bonds is 2. The van der Waals surface area contributed by atoms with Gasteiger partial charge in [0, 0.05) is 7.05 Å². The van der Waals surface area contributed by atoms with Gasteiger partial charge in [-0.05, 0) is 12.1 Å². The number of carbonyl (C=O) groups is 2. The van der Waals surface area contributed by atoms with E-state index in [1.54, 1.807) is 19.2 Å². The average molecular weight is 241 g/mol. The van der Waals surface area contributed by atoms with Crippen LogP contribution in [0, 0.1) is 11.3 Å². The second kappa shape index (κ2) is 6.91. The Morgan fingerprint density at radius 2 is 1.94 bits per heavy atom. The molecule has 0 aliphatic heterocycles. The summed E-state index contributed by atoms with van der Waals surface area (Å²) in [7, 11) is 1.61. The molecule has 1 aromatic carbocycles. The number of hydrogen-bond acceptors (Lipinski definition) is 5. The number of nitrogens with zero attached hydrogens (tertiary/aromatic N) is 1. The monoisotopic (exact) mass is 241 g/mol. The molecule has 0 unspecified atom stereocenters. The molecule has 0 aliphatic rings. The molecule has 0 atom stereocenters. The van der Waals surface area contributed by atoms with Crippen molar-refractivity contribution in [1.29, 1.82) is 5.26 Å². The van der Waals surface area contributed by atoms with E-state index in [4.69, 9.17) is 5.26 Å². The Morgan fingerprint density at radius 1 is 1.35 bits per heavy atom. The fourth-order valence-electron chi connectivity index (χ4n) is 1.16. The normalized spacial score (nSPS) is 8.47. The van der Waals surface area contributed by atoms with Gasteiger partial charge in [0.15, 0.2) is 0 Å². The van der Waals surface area contributed by atoms with E-state index >= 15 is 0 Å². The SMILES string of the molecule is CNc1cccc(NC(=O)C(=O)[O-])c1C#N.[Na+]. The van der Waals surface area contributed by atoms with Crippen molar-refractivity contribution in [2.75, 3.05) is 17.7 Å². The van der Waals surface area contributed by atoms with Crippen LogP contribution in [0.15, 0.2) is 18.2 Å². The molecule has 7 heteroatoms. The van der Waals surface area contributed by atoms with Crippen molar-refractivity contribution in [2.45, 2.75) is 0 Å². The van der Waals surface area contributed by atoms with E-state index in [1.807, 2.05) is 6.07 Å². The maximum Gasteiger partial charge on any atom is 1.00 e. The van der Waals surface area contributed by atoms with E-state index in [-0.39, 0.29) is 40.8 Å². The largest absolute Gasteiger partial charge is 1.00 e. The smallest absolute Gasteiger partial charge is 0.540 e. The maximum absolute atomic E-state index is 10.9. The van der Waals surface area contributed by atoms with Crippen molar-refractivity contribution < 1.29 is 44.3 Å². The zero-order chi connectivity index (χ0) is 12.1. The van der Waals surface area contributed by atoms with Crippen LogP contribution in [0.5, 0.6) is 0 Å². The van der Waals surface area contributed by atoms with Crippen LogP contribution in [0.25, 0.3) is 0 Å². The predicted molar refractivity (Wildman–Crippen MR) is 54.3 cm³/mol. The molecule has 2 N–H and O–H groups in total. The van der Waals surface area contributed by atoms with Gasteiger partial charge in [-0.2, -0.15) is 5.26 Å². The number of amides is 1. The Balaban J connectivity index is 0.00000256. The van der Waals surface area contributed by atoms with E-state index in [2.05, 4.69) is 10.6 Å². The van der Waals surface area contributed by atoms with Gasteiger partial charge in [0.1, 0.15) is 12.0 Å². The van der Waals surface area contributed by atoms with Crippen LogP contribution in [0.1, 0.15) is 5.56 Å². The van der Waals surface area contributed by atoms with E-state index < -0.39 is 11.9 Å². The molecule has 0 saturated heterocycles. The van der Waals surface area contributed by atoms with Gasteiger partial charge in [-0.1, -0.05) is 6.07 Å². The number of aliphatic carboxylic acids is 1. The van der Waals surface area contributed by atoms with Crippen LogP contribution in [-0.2, 0) is 9.59 Å². The van der Waals surface area contributed by atoms with Gasteiger partial charge >= 0.3 is 29.6 Å². The maximum atomic E-state index is 10.9. The molecule has 0 fully saturated rings. The van der Waals surface area contributed by atoms with E-state index in [1.165, 1.54) is 6.07 Å². The summed E-state index contributed by atoms with van der Waals surface area (Å²) >= 11 is 0. The van der Waals surface area contributed by atoms with Gasteiger partial charge in [0.25, 0.3) is 5.91 Å². The van der Waals surface area contributed by atoms with Crippen molar-refractivity contribution in [3.63, 3.8) is 0 Å². The Labute approximate surface area is 120 Å². The fraction of sp³-hybridized carbons (Fsp3) is 0.100. The molecule has 0 bridgehead atoms. The summed E-state index contributed by atoms with van der Waals surface area (Å²) in [6.07, 6.45) is 0. The molecule has 0 spiro atoms. The van der Waals surface area contributed by atoms with Crippen LogP contribution in [0.3, 0.4) is 0 Å². The summed E-state index contributed by atoms with van der Waals surface area (Å²) < 4.78 is 0. The predicted octanol–water partition coefficient (Wildman–Crippen LogP) is -3.71. The van der Waals surface area contributed by atoms with Gasteiger partial charge in [-0.25, -0.2) is 0 Å². The number of nitriles is 1. The van der Waals surface area contributed by atoms with Crippen LogP contribution in [0.2, 0.25) is 0 Å². The zero-order valence-corrected chi connectivity index (χ0v) is 11.4. The van der Waals surface area contributed by atoms with Gasteiger partial charge in [-0.15, -0.1) is 0 Å². The minimum atomic E-state index is -1.85. The molecule has 0 aliphatic carbocycles. The van der Waals surface area contributed by atoms with E-state index in [0.29, 0.717) is 5.69 Å². The van der Waals surface area contributed by atoms with Gasteiger partial charge in [0.2, 0.25) is 0 Å². The van der Waals surface area contributed by atoms with Crippen molar-refractivity contribution in [1.82, 2.24) is 0 Å². The topological polar surface area (TPSA) is 105 Å². The first-order chi connectivity index (χ1) is 7.60. The average Bonchev–Trinajstić information content (AvgIpc) is 2.28. The van der Waals surface area contributed by atoms with Crippen LogP contribution < -0.4 is 45.3 Å². The van der Waals surface area contributed by atoms with Crippen LogP contribution >= 0.6 is 0 Å². The fourth-order valence-corrected chi connectivity index (χ4v) is 1.16. The molecule has 6 nitrogen and oxygen atoms in total. The third kappa shape index (κ3) is 3.75. The summed E-state index contributed by atoms with van der Waals surface area (Å²) in [5.74, 6) is -3.14. The molecule has 82 valence electrons. The Hall–Kier alpha value is -1.55. The number of hydrogen-bond donors (Lipinski definition) is 2. The van der Waals surface area contributed by atoms with Crippen LogP contribution in [-0.4, -0.2) is 18.9 Å². The van der Waals surface area contributed by atoms with Crippen molar-refractivity contribution >= 4 is 23.3 Å². The van der Waals surface area contributed by atoms with E-state index in [9.17, 15) is 14.7 Å². The molecule has 0 aromatic heterocycles. The number of nitrogens with one attached hydrogen (secondary N) is 2. The number of anilines is 2. The first-order valence-corrected chi connectivity index (χ1v) is 4.33. The summed E-state index contributed by atoms with van der Waals surface area (Å²) in [6.45, 7) is 0. The van der Waals surface area contributed by atoms with Crippen molar-refractivity contribution in [3.05, 3.63) is 23.8 Å². The van der Waals surface area contributed by atoms with Crippen molar-refractivity contribution in [3.8, 4) is 6.07 Å². The molecular weight excluding hydrogens is 233 g/mol. The summed E-state index contributed by atoms with van der Waals surface area (Å²) in [5.41, 5.74) is 0.793. The number of benzene rings is 1. The Morgan fingerprint density at radius 3 is 2.41 bits per heavy atom. The first kappa shape index (κ1) is 15.4. The third-order valence-electron chi connectivity index (χ3n) is 1.88.